The van der Waals surface area contributed by atoms with Crippen LogP contribution in [-0.2, 0) is 10.2 Å². The number of hydrogen-bond donors (Lipinski definition) is 0. The molecule has 0 saturated heterocycles. The van der Waals surface area contributed by atoms with Crippen LogP contribution in [0.3, 0.4) is 0 Å². The van der Waals surface area contributed by atoms with Gasteiger partial charge in [0.2, 0.25) is 0 Å². The largest absolute Gasteiger partial charge is 0.300 e. The van der Waals surface area contributed by atoms with E-state index in [1.54, 1.807) is 18.2 Å². The molecule has 2 nitrogen and oxygen atoms in total. The Balaban J connectivity index is 2.50. The van der Waals surface area contributed by atoms with Gasteiger partial charge in [-0.05, 0) is 11.6 Å². The molecule has 1 aliphatic rings. The molecule has 0 spiro atoms. The number of benzene rings is 1. The minimum atomic E-state index is -0.751. The fourth-order valence-electron chi connectivity index (χ4n) is 1.82. The van der Waals surface area contributed by atoms with E-state index in [-0.39, 0.29) is 18.6 Å². The van der Waals surface area contributed by atoms with Gasteiger partial charge in [0, 0.05) is 12.8 Å². The molecule has 2 rings (SSSR count). The summed E-state index contributed by atoms with van der Waals surface area (Å²) in [6, 6.07) is 7.33. The van der Waals surface area contributed by atoms with Crippen molar-refractivity contribution >= 4 is 29.0 Å². The second-order valence-corrected chi connectivity index (χ2v) is 4.47. The SMILES string of the molecule is N#CC1(c2cccc(Cl)c2Cl)CC(=O)C1. The van der Waals surface area contributed by atoms with Crippen LogP contribution in [0.25, 0.3) is 0 Å². The van der Waals surface area contributed by atoms with E-state index in [2.05, 4.69) is 6.07 Å². The lowest BCUT2D eigenvalue weighted by atomic mass is 9.65. The van der Waals surface area contributed by atoms with E-state index in [0.717, 1.165) is 0 Å². The Bertz CT molecular complexity index is 468. The number of halogens is 2. The first-order valence-corrected chi connectivity index (χ1v) is 5.22. The van der Waals surface area contributed by atoms with Crippen LogP contribution in [-0.4, -0.2) is 5.78 Å². The van der Waals surface area contributed by atoms with Crippen LogP contribution in [0.5, 0.6) is 0 Å². The molecular formula is C11H7Cl2NO. The molecule has 0 unspecified atom stereocenters. The number of carbonyl (C=O) groups excluding carboxylic acids is 1. The average Bonchev–Trinajstić information content (AvgIpc) is 2.17. The Morgan fingerprint density at radius 2 is 2.00 bits per heavy atom. The van der Waals surface area contributed by atoms with Crippen LogP contribution in [0.15, 0.2) is 18.2 Å². The van der Waals surface area contributed by atoms with Crippen LogP contribution in [0.1, 0.15) is 18.4 Å². The number of hydrogen-bond acceptors (Lipinski definition) is 2. The summed E-state index contributed by atoms with van der Waals surface area (Å²) in [7, 11) is 0. The number of nitriles is 1. The summed E-state index contributed by atoms with van der Waals surface area (Å²) in [4.78, 5) is 11.0. The number of ketones is 1. The zero-order valence-corrected chi connectivity index (χ0v) is 9.27. The van der Waals surface area contributed by atoms with Crippen molar-refractivity contribution in [3.8, 4) is 6.07 Å². The maximum Gasteiger partial charge on any atom is 0.136 e. The molecule has 1 aliphatic carbocycles. The molecule has 76 valence electrons. The maximum absolute atomic E-state index is 11.0. The van der Waals surface area contributed by atoms with Crippen molar-refractivity contribution in [3.05, 3.63) is 33.8 Å². The van der Waals surface area contributed by atoms with Crippen molar-refractivity contribution in [3.63, 3.8) is 0 Å². The Labute approximate surface area is 97.4 Å². The first-order chi connectivity index (χ1) is 7.09. The van der Waals surface area contributed by atoms with Gasteiger partial charge in [0.1, 0.15) is 5.78 Å². The summed E-state index contributed by atoms with van der Waals surface area (Å²) in [6.07, 6.45) is 0.479. The van der Waals surface area contributed by atoms with Crippen molar-refractivity contribution in [1.82, 2.24) is 0 Å². The second-order valence-electron chi connectivity index (χ2n) is 3.69. The molecule has 4 heteroatoms. The third kappa shape index (κ3) is 1.52. The quantitative estimate of drug-likeness (QED) is 0.756. The Morgan fingerprint density at radius 3 is 2.53 bits per heavy atom. The van der Waals surface area contributed by atoms with Crippen LogP contribution < -0.4 is 0 Å². The molecule has 0 heterocycles. The highest BCUT2D eigenvalue weighted by Crippen LogP contribution is 2.45. The average molecular weight is 240 g/mol. The van der Waals surface area contributed by atoms with Gasteiger partial charge < -0.3 is 0 Å². The van der Waals surface area contributed by atoms with Gasteiger partial charge in [0.25, 0.3) is 0 Å². The highest BCUT2D eigenvalue weighted by atomic mass is 35.5. The summed E-state index contributed by atoms with van der Waals surface area (Å²) in [5, 5.41) is 9.92. The number of nitrogens with zero attached hydrogens (tertiary/aromatic N) is 1. The molecule has 0 bridgehead atoms. The summed E-state index contributed by atoms with van der Waals surface area (Å²) >= 11 is 11.9. The van der Waals surface area contributed by atoms with E-state index >= 15 is 0 Å². The zero-order valence-electron chi connectivity index (χ0n) is 7.76. The molecule has 1 aromatic carbocycles. The second kappa shape index (κ2) is 3.52. The highest BCUT2D eigenvalue weighted by Gasteiger charge is 2.46. The van der Waals surface area contributed by atoms with E-state index in [1.165, 1.54) is 0 Å². The lowest BCUT2D eigenvalue weighted by molar-refractivity contribution is -0.126. The van der Waals surface area contributed by atoms with Crippen LogP contribution in [0, 0.1) is 11.3 Å². The number of Topliss-reactive ketones (excluding diaryl/α,β-unsaturated/α-hetero) is 1. The molecule has 15 heavy (non-hydrogen) atoms. The molecule has 0 aliphatic heterocycles. The fraction of sp³-hybridized carbons (Fsp3) is 0.273. The first kappa shape index (κ1) is 10.5. The van der Waals surface area contributed by atoms with Gasteiger partial charge in [0.15, 0.2) is 0 Å². The van der Waals surface area contributed by atoms with Gasteiger partial charge in [-0.25, -0.2) is 0 Å². The first-order valence-electron chi connectivity index (χ1n) is 4.46. The Kier molecular flexibility index (Phi) is 2.46. The van der Waals surface area contributed by atoms with Gasteiger partial charge in [-0.15, -0.1) is 0 Å². The Hall–Kier alpha value is -1.04. The van der Waals surface area contributed by atoms with Gasteiger partial charge in [-0.3, -0.25) is 4.79 Å². The van der Waals surface area contributed by atoms with Crippen molar-refractivity contribution in [2.24, 2.45) is 0 Å². The normalized spacial score (nSPS) is 18.1. The molecule has 1 saturated carbocycles. The van der Waals surface area contributed by atoms with Crippen molar-refractivity contribution < 1.29 is 4.79 Å². The van der Waals surface area contributed by atoms with Gasteiger partial charge >= 0.3 is 0 Å². The van der Waals surface area contributed by atoms with E-state index < -0.39 is 5.41 Å². The van der Waals surface area contributed by atoms with Crippen molar-refractivity contribution in [2.45, 2.75) is 18.3 Å². The molecule has 0 radical (unpaired) electrons. The standard InChI is InChI=1S/C11H7Cl2NO/c12-9-3-1-2-8(10(9)13)11(6-14)4-7(15)5-11/h1-3H,4-5H2. The van der Waals surface area contributed by atoms with Crippen LogP contribution in [0.2, 0.25) is 10.0 Å². The lowest BCUT2D eigenvalue weighted by Crippen LogP contribution is -2.40. The van der Waals surface area contributed by atoms with Crippen LogP contribution >= 0.6 is 23.2 Å². The molecule has 1 aromatic rings. The van der Waals surface area contributed by atoms with Crippen molar-refractivity contribution in [1.29, 1.82) is 5.26 Å². The minimum Gasteiger partial charge on any atom is -0.300 e. The predicted octanol–water partition coefficient (Wildman–Crippen LogP) is 3.12. The van der Waals surface area contributed by atoms with Crippen LogP contribution in [0.4, 0.5) is 0 Å². The van der Waals surface area contributed by atoms with E-state index in [4.69, 9.17) is 28.5 Å². The molecule has 0 aromatic heterocycles. The lowest BCUT2D eigenvalue weighted by Gasteiger charge is -2.34. The smallest absolute Gasteiger partial charge is 0.136 e. The minimum absolute atomic E-state index is 0.0904. The summed E-state index contributed by atoms with van der Waals surface area (Å²) in [5.74, 6) is 0.0904. The molecular weight excluding hydrogens is 233 g/mol. The van der Waals surface area contributed by atoms with E-state index in [9.17, 15) is 4.79 Å². The van der Waals surface area contributed by atoms with Gasteiger partial charge in [-0.1, -0.05) is 35.3 Å². The summed E-state index contributed by atoms with van der Waals surface area (Å²) in [6.45, 7) is 0. The van der Waals surface area contributed by atoms with Gasteiger partial charge in [0.05, 0.1) is 21.5 Å². The third-order valence-corrected chi connectivity index (χ3v) is 3.50. The number of carbonyl (C=O) groups is 1. The fourth-order valence-corrected chi connectivity index (χ4v) is 2.31. The third-order valence-electron chi connectivity index (χ3n) is 2.68. The zero-order chi connectivity index (χ0) is 11.1. The summed E-state index contributed by atoms with van der Waals surface area (Å²) < 4.78 is 0. The topological polar surface area (TPSA) is 40.9 Å². The maximum atomic E-state index is 11.0. The molecule has 1 fully saturated rings. The number of rotatable bonds is 1. The van der Waals surface area contributed by atoms with Gasteiger partial charge in [-0.2, -0.15) is 5.26 Å². The van der Waals surface area contributed by atoms with Crippen molar-refractivity contribution in [2.75, 3.05) is 0 Å². The predicted molar refractivity (Wildman–Crippen MR) is 58.0 cm³/mol. The molecule has 0 amide bonds. The van der Waals surface area contributed by atoms with E-state index in [1.807, 2.05) is 0 Å². The summed E-state index contributed by atoms with van der Waals surface area (Å²) in [5.41, 5.74) is -0.0854. The van der Waals surface area contributed by atoms with E-state index in [0.29, 0.717) is 15.6 Å². The molecule has 0 N–H and O–H groups in total. The Morgan fingerprint density at radius 1 is 1.33 bits per heavy atom. The highest BCUT2D eigenvalue weighted by molar-refractivity contribution is 6.42. The molecule has 0 atom stereocenters. The monoisotopic (exact) mass is 239 g/mol.